The van der Waals surface area contributed by atoms with Crippen LogP contribution in [-0.4, -0.2) is 43.3 Å². The summed E-state index contributed by atoms with van der Waals surface area (Å²) >= 11 is 12.6. The monoisotopic (exact) mass is 679 g/mol. The van der Waals surface area contributed by atoms with Crippen LogP contribution in [0.3, 0.4) is 0 Å². The van der Waals surface area contributed by atoms with Gasteiger partial charge in [-0.25, -0.2) is 8.42 Å². The van der Waals surface area contributed by atoms with Crippen LogP contribution >= 0.6 is 23.2 Å². The van der Waals surface area contributed by atoms with Crippen LogP contribution in [0.1, 0.15) is 43.0 Å². The van der Waals surface area contributed by atoms with Crippen molar-refractivity contribution in [1.82, 2.24) is 10.2 Å². The van der Waals surface area contributed by atoms with Crippen molar-refractivity contribution in [3.63, 3.8) is 0 Å². The smallest absolute Gasteiger partial charge is 0.264 e. The fourth-order valence-electron chi connectivity index (χ4n) is 4.90. The molecule has 0 aliphatic carbocycles. The summed E-state index contributed by atoms with van der Waals surface area (Å²) in [4.78, 5) is 30.0. The van der Waals surface area contributed by atoms with Gasteiger partial charge in [-0.2, -0.15) is 0 Å². The van der Waals surface area contributed by atoms with Gasteiger partial charge in [0.1, 0.15) is 12.6 Å². The summed E-state index contributed by atoms with van der Waals surface area (Å²) in [5, 5.41) is 3.91. The number of aryl methyl sites for hydroxylation is 2. The van der Waals surface area contributed by atoms with E-state index in [0.29, 0.717) is 10.0 Å². The third-order valence-electron chi connectivity index (χ3n) is 7.37. The molecule has 0 aliphatic rings. The summed E-state index contributed by atoms with van der Waals surface area (Å²) in [6.07, 6.45) is 0.211. The Morgan fingerprint density at radius 1 is 0.826 bits per heavy atom. The van der Waals surface area contributed by atoms with Crippen LogP contribution in [0.2, 0.25) is 10.0 Å². The van der Waals surface area contributed by atoms with Gasteiger partial charge in [-0.1, -0.05) is 89.4 Å². The number of nitrogens with zero attached hydrogens (tertiary/aromatic N) is 2. The molecule has 0 aliphatic heterocycles. The molecule has 0 radical (unpaired) electrons. The van der Waals surface area contributed by atoms with Crippen molar-refractivity contribution in [1.29, 1.82) is 0 Å². The molecule has 1 N–H and O–H groups in total. The molecule has 46 heavy (non-hydrogen) atoms. The Kier molecular flexibility index (Phi) is 11.2. The summed E-state index contributed by atoms with van der Waals surface area (Å²) in [6, 6.07) is 26.7. The maximum Gasteiger partial charge on any atom is 0.264 e. The average Bonchev–Trinajstić information content (AvgIpc) is 2.99. The third kappa shape index (κ3) is 9.12. The number of hydrogen-bond donors (Lipinski definition) is 1. The van der Waals surface area contributed by atoms with Crippen LogP contribution in [0, 0.1) is 13.8 Å². The van der Waals surface area contributed by atoms with Gasteiger partial charge in [0, 0.05) is 28.5 Å². The number of hydrogen-bond acceptors (Lipinski definition) is 4. The highest BCUT2D eigenvalue weighted by molar-refractivity contribution is 7.92. The molecule has 2 amide bonds. The second-order valence-electron chi connectivity index (χ2n) is 12.4. The van der Waals surface area contributed by atoms with E-state index in [1.165, 1.54) is 23.1 Å². The predicted molar refractivity (Wildman–Crippen MR) is 186 cm³/mol. The molecule has 0 bridgehead atoms. The molecular formula is C36H39Cl2N3O4S. The minimum absolute atomic E-state index is 0.0261. The van der Waals surface area contributed by atoms with E-state index in [9.17, 15) is 18.0 Å². The fourth-order valence-corrected chi connectivity index (χ4v) is 6.60. The summed E-state index contributed by atoms with van der Waals surface area (Å²) in [6.45, 7) is 8.75. The molecule has 7 nitrogen and oxygen atoms in total. The zero-order valence-electron chi connectivity index (χ0n) is 26.6. The first-order chi connectivity index (χ1) is 21.6. The summed E-state index contributed by atoms with van der Waals surface area (Å²) < 4.78 is 29.4. The number of amides is 2. The first kappa shape index (κ1) is 35.0. The van der Waals surface area contributed by atoms with E-state index in [4.69, 9.17) is 23.2 Å². The molecule has 10 heteroatoms. The number of sulfonamides is 1. The summed E-state index contributed by atoms with van der Waals surface area (Å²) in [5.41, 5.74) is 2.87. The Morgan fingerprint density at radius 2 is 1.46 bits per heavy atom. The van der Waals surface area contributed by atoms with Gasteiger partial charge in [-0.15, -0.1) is 0 Å². The SMILES string of the molecule is Cc1ccc(S(=O)(=O)N(CC(=O)N(Cc2ccc(Cl)cc2)C(Cc2ccccc2)C(=O)NC(C)(C)C)c2ccc(C)c(Cl)c2)cc1. The van der Waals surface area contributed by atoms with Gasteiger partial charge in [0.25, 0.3) is 10.0 Å². The van der Waals surface area contributed by atoms with Crippen LogP contribution in [0.5, 0.6) is 0 Å². The van der Waals surface area contributed by atoms with Gasteiger partial charge in [0.15, 0.2) is 0 Å². The number of carbonyl (C=O) groups is 2. The molecule has 4 rings (SSSR count). The minimum Gasteiger partial charge on any atom is -0.350 e. The van der Waals surface area contributed by atoms with Crippen LogP contribution in [0.15, 0.2) is 102 Å². The molecule has 0 spiro atoms. The van der Waals surface area contributed by atoms with Gasteiger partial charge in [0.05, 0.1) is 10.6 Å². The lowest BCUT2D eigenvalue weighted by molar-refractivity contribution is -0.140. The first-order valence-electron chi connectivity index (χ1n) is 14.9. The van der Waals surface area contributed by atoms with Crippen molar-refractivity contribution < 1.29 is 18.0 Å². The van der Waals surface area contributed by atoms with E-state index in [0.717, 1.165) is 26.6 Å². The van der Waals surface area contributed by atoms with Crippen LogP contribution in [0.4, 0.5) is 5.69 Å². The lowest BCUT2D eigenvalue weighted by Gasteiger charge is -2.35. The normalized spacial score (nSPS) is 12.3. The predicted octanol–water partition coefficient (Wildman–Crippen LogP) is 7.36. The molecule has 0 saturated heterocycles. The highest BCUT2D eigenvalue weighted by Gasteiger charge is 2.35. The van der Waals surface area contributed by atoms with E-state index in [1.807, 2.05) is 65.0 Å². The van der Waals surface area contributed by atoms with Crippen molar-refractivity contribution >= 4 is 50.7 Å². The Balaban J connectivity index is 1.83. The molecule has 1 unspecified atom stereocenters. The maximum atomic E-state index is 14.6. The van der Waals surface area contributed by atoms with Crippen LogP contribution in [0.25, 0.3) is 0 Å². The molecule has 0 fully saturated rings. The van der Waals surface area contributed by atoms with Crippen LogP contribution in [-0.2, 0) is 32.6 Å². The third-order valence-corrected chi connectivity index (χ3v) is 9.81. The topological polar surface area (TPSA) is 86.8 Å². The van der Waals surface area contributed by atoms with Gasteiger partial charge in [0.2, 0.25) is 11.8 Å². The molecule has 0 saturated carbocycles. The Bertz CT molecular complexity index is 1770. The zero-order valence-corrected chi connectivity index (χ0v) is 29.0. The molecule has 0 heterocycles. The summed E-state index contributed by atoms with van der Waals surface area (Å²) in [7, 11) is -4.23. The maximum absolute atomic E-state index is 14.6. The lowest BCUT2D eigenvalue weighted by Crippen LogP contribution is -2.56. The van der Waals surface area contributed by atoms with Crippen molar-refractivity contribution in [3.05, 3.63) is 129 Å². The Morgan fingerprint density at radius 3 is 2.04 bits per heavy atom. The average molecular weight is 681 g/mol. The van der Waals surface area contributed by atoms with Crippen molar-refractivity contribution in [2.75, 3.05) is 10.8 Å². The van der Waals surface area contributed by atoms with Crippen molar-refractivity contribution in [2.45, 2.75) is 64.1 Å². The highest BCUT2D eigenvalue weighted by Crippen LogP contribution is 2.29. The second kappa shape index (κ2) is 14.7. The number of halogens is 2. The number of rotatable bonds is 11. The molecular weight excluding hydrogens is 641 g/mol. The van der Waals surface area contributed by atoms with Crippen molar-refractivity contribution in [3.8, 4) is 0 Å². The van der Waals surface area contributed by atoms with Crippen molar-refractivity contribution in [2.24, 2.45) is 0 Å². The number of nitrogens with one attached hydrogen (secondary N) is 1. The van der Waals surface area contributed by atoms with Gasteiger partial charge >= 0.3 is 0 Å². The van der Waals surface area contributed by atoms with Crippen LogP contribution < -0.4 is 9.62 Å². The van der Waals surface area contributed by atoms with Gasteiger partial charge in [-0.3, -0.25) is 13.9 Å². The van der Waals surface area contributed by atoms with Gasteiger partial charge in [-0.05, 0) is 87.7 Å². The number of benzene rings is 4. The number of carbonyl (C=O) groups excluding carboxylic acids is 2. The highest BCUT2D eigenvalue weighted by atomic mass is 35.5. The van der Waals surface area contributed by atoms with E-state index in [-0.39, 0.29) is 29.5 Å². The standard InChI is InChI=1S/C36H39Cl2N3O4S/c1-25-11-19-31(20-12-25)46(44,45)41(30-18-13-26(2)32(38)22-30)24-34(42)40(23-28-14-16-29(37)17-15-28)33(35(43)39-36(3,4)5)21-27-9-7-6-8-10-27/h6-20,22,33H,21,23-24H2,1-5H3,(H,39,43). The number of anilines is 1. The molecule has 4 aromatic carbocycles. The molecule has 4 aromatic rings. The second-order valence-corrected chi connectivity index (χ2v) is 15.1. The lowest BCUT2D eigenvalue weighted by atomic mass is 10.0. The van der Waals surface area contributed by atoms with E-state index in [2.05, 4.69) is 5.32 Å². The largest absolute Gasteiger partial charge is 0.350 e. The summed E-state index contributed by atoms with van der Waals surface area (Å²) in [5.74, 6) is -0.919. The minimum atomic E-state index is -4.23. The molecule has 0 aromatic heterocycles. The zero-order chi connectivity index (χ0) is 33.6. The van der Waals surface area contributed by atoms with Gasteiger partial charge < -0.3 is 10.2 Å². The Hall–Kier alpha value is -3.85. The van der Waals surface area contributed by atoms with E-state index < -0.39 is 34.1 Å². The Labute approximate surface area is 282 Å². The quantitative estimate of drug-likeness (QED) is 0.179. The molecule has 1 atom stereocenters. The fraction of sp³-hybridized carbons (Fsp3) is 0.278. The first-order valence-corrected chi connectivity index (χ1v) is 17.1. The van der Waals surface area contributed by atoms with E-state index >= 15 is 0 Å². The molecule has 242 valence electrons. The van der Waals surface area contributed by atoms with E-state index in [1.54, 1.807) is 48.5 Å².